The molecule has 1 aromatic heterocycles. The smallest absolute Gasteiger partial charge is 0.142 e. The Balaban J connectivity index is 2.69. The summed E-state index contributed by atoms with van der Waals surface area (Å²) in [6.45, 7) is 7.62. The van der Waals surface area contributed by atoms with Crippen molar-refractivity contribution in [1.82, 2.24) is 10.3 Å². The van der Waals surface area contributed by atoms with Gasteiger partial charge in [-0.2, -0.15) is 0 Å². The van der Waals surface area contributed by atoms with Gasteiger partial charge in [0, 0.05) is 11.1 Å². The van der Waals surface area contributed by atoms with Crippen molar-refractivity contribution in [2.45, 2.75) is 33.1 Å². The van der Waals surface area contributed by atoms with Crippen LogP contribution in [0.5, 0.6) is 5.75 Å². The molecule has 0 atom stereocenters. The van der Waals surface area contributed by atoms with Gasteiger partial charge in [-0.1, -0.05) is 19.9 Å². The van der Waals surface area contributed by atoms with Gasteiger partial charge in [0.1, 0.15) is 5.75 Å². The molecule has 3 nitrogen and oxygen atoms in total. The fourth-order valence-corrected chi connectivity index (χ4v) is 2.72. The zero-order valence-electron chi connectivity index (χ0n) is 12.6. The van der Waals surface area contributed by atoms with Gasteiger partial charge in [0.05, 0.1) is 12.6 Å². The quantitative estimate of drug-likeness (QED) is 0.865. The monoisotopic (exact) mass is 260 g/mol. The van der Waals surface area contributed by atoms with Crippen LogP contribution < -0.4 is 10.1 Å². The van der Waals surface area contributed by atoms with E-state index in [1.54, 1.807) is 7.11 Å². The highest BCUT2D eigenvalue weighted by Crippen LogP contribution is 2.35. The number of fused-ring (bicyclic) bond motifs is 1. The molecule has 0 amide bonds. The number of nitrogens with one attached hydrogen (secondary N) is 2. The maximum atomic E-state index is 5.49. The van der Waals surface area contributed by atoms with Crippen molar-refractivity contribution in [1.29, 1.82) is 0 Å². The summed E-state index contributed by atoms with van der Waals surface area (Å²) in [5, 5.41) is 4.57. The molecule has 0 aliphatic carbocycles. The van der Waals surface area contributed by atoms with E-state index >= 15 is 0 Å². The van der Waals surface area contributed by atoms with Crippen molar-refractivity contribution < 1.29 is 4.74 Å². The number of hydrogen-bond donors (Lipinski definition) is 2. The summed E-state index contributed by atoms with van der Waals surface area (Å²) in [6, 6.07) is 4.18. The predicted octanol–water partition coefficient (Wildman–Crippen LogP) is 3.37. The average Bonchev–Trinajstić information content (AvgIpc) is 2.77. The lowest BCUT2D eigenvalue weighted by Gasteiger charge is -2.08. The fraction of sp³-hybridized carbons (Fsp3) is 0.500. The van der Waals surface area contributed by atoms with Crippen LogP contribution in [0.25, 0.3) is 10.9 Å². The molecule has 19 heavy (non-hydrogen) atoms. The van der Waals surface area contributed by atoms with Crippen LogP contribution in [0.1, 0.15) is 36.6 Å². The minimum Gasteiger partial charge on any atom is -0.495 e. The molecule has 3 heteroatoms. The highest BCUT2D eigenvalue weighted by molar-refractivity contribution is 5.92. The second-order valence-electron chi connectivity index (χ2n) is 5.36. The summed E-state index contributed by atoms with van der Waals surface area (Å²) in [7, 11) is 3.73. The molecule has 1 heterocycles. The number of ether oxygens (including phenoxy) is 1. The topological polar surface area (TPSA) is 37.0 Å². The summed E-state index contributed by atoms with van der Waals surface area (Å²) in [5.74, 6) is 1.42. The number of hydrogen-bond acceptors (Lipinski definition) is 2. The van der Waals surface area contributed by atoms with Crippen LogP contribution in [0.4, 0.5) is 0 Å². The molecule has 1 aromatic carbocycles. The van der Waals surface area contributed by atoms with Crippen LogP contribution in [0, 0.1) is 6.92 Å². The van der Waals surface area contributed by atoms with E-state index in [1.165, 1.54) is 22.2 Å². The van der Waals surface area contributed by atoms with Crippen molar-refractivity contribution in [3.05, 3.63) is 29.0 Å². The first-order valence-corrected chi connectivity index (χ1v) is 6.92. The number of H-pyrrole nitrogens is 1. The van der Waals surface area contributed by atoms with Crippen LogP contribution in [-0.4, -0.2) is 25.7 Å². The third-order valence-corrected chi connectivity index (χ3v) is 3.68. The molecule has 0 aliphatic rings. The second kappa shape index (κ2) is 5.66. The number of aromatic nitrogens is 1. The molecule has 0 bridgehead atoms. The average molecular weight is 260 g/mol. The van der Waals surface area contributed by atoms with Gasteiger partial charge in [0.2, 0.25) is 0 Å². The summed E-state index contributed by atoms with van der Waals surface area (Å²) >= 11 is 0. The largest absolute Gasteiger partial charge is 0.495 e. The Kier molecular flexibility index (Phi) is 4.15. The van der Waals surface area contributed by atoms with Crippen molar-refractivity contribution in [2.24, 2.45) is 0 Å². The lowest BCUT2D eigenvalue weighted by atomic mass is 9.98. The summed E-state index contributed by atoms with van der Waals surface area (Å²) in [4.78, 5) is 3.58. The SMILES string of the molecule is CNCCc1c(C(C)C)[nH]c2c(OC)ccc(C)c12. The van der Waals surface area contributed by atoms with Crippen molar-refractivity contribution in [3.63, 3.8) is 0 Å². The standard InChI is InChI=1S/C16H24N2O/c1-10(2)15-12(8-9-17-4)14-11(3)6-7-13(19-5)16(14)18-15/h6-7,10,17-18H,8-9H2,1-5H3. The maximum Gasteiger partial charge on any atom is 0.142 e. The molecule has 104 valence electrons. The van der Waals surface area contributed by atoms with E-state index < -0.39 is 0 Å². The van der Waals surface area contributed by atoms with Crippen LogP contribution in [0.2, 0.25) is 0 Å². The van der Waals surface area contributed by atoms with Gasteiger partial charge in [-0.3, -0.25) is 0 Å². The van der Waals surface area contributed by atoms with E-state index in [1.807, 2.05) is 13.1 Å². The molecule has 0 aliphatic heterocycles. The molecule has 2 rings (SSSR count). The molecule has 0 unspecified atom stereocenters. The lowest BCUT2D eigenvalue weighted by molar-refractivity contribution is 0.419. The molecule has 2 N–H and O–H groups in total. The van der Waals surface area contributed by atoms with Gasteiger partial charge in [-0.25, -0.2) is 0 Å². The van der Waals surface area contributed by atoms with Crippen molar-refractivity contribution in [2.75, 3.05) is 20.7 Å². The van der Waals surface area contributed by atoms with Crippen molar-refractivity contribution >= 4 is 10.9 Å². The molecular formula is C16H24N2O. The van der Waals surface area contributed by atoms with E-state index in [9.17, 15) is 0 Å². The molecule has 0 fully saturated rings. The van der Waals surface area contributed by atoms with Gasteiger partial charge >= 0.3 is 0 Å². The van der Waals surface area contributed by atoms with E-state index in [-0.39, 0.29) is 0 Å². The Morgan fingerprint density at radius 2 is 2.05 bits per heavy atom. The van der Waals surface area contributed by atoms with Crippen LogP contribution >= 0.6 is 0 Å². The molecule has 0 saturated carbocycles. The Hall–Kier alpha value is -1.48. The first-order valence-electron chi connectivity index (χ1n) is 6.92. The third kappa shape index (κ3) is 2.47. The number of aromatic amines is 1. The minimum atomic E-state index is 0.489. The maximum absolute atomic E-state index is 5.49. The van der Waals surface area contributed by atoms with E-state index in [0.29, 0.717) is 5.92 Å². The zero-order valence-corrected chi connectivity index (χ0v) is 12.6. The zero-order chi connectivity index (χ0) is 14.0. The molecule has 2 aromatic rings. The first kappa shape index (κ1) is 13.9. The minimum absolute atomic E-state index is 0.489. The van der Waals surface area contributed by atoms with E-state index in [4.69, 9.17) is 4.74 Å². The van der Waals surface area contributed by atoms with Crippen molar-refractivity contribution in [3.8, 4) is 5.75 Å². The Morgan fingerprint density at radius 3 is 2.63 bits per heavy atom. The highest BCUT2D eigenvalue weighted by Gasteiger charge is 2.17. The van der Waals surface area contributed by atoms with Crippen LogP contribution in [0.15, 0.2) is 12.1 Å². The van der Waals surface area contributed by atoms with Crippen LogP contribution in [-0.2, 0) is 6.42 Å². The lowest BCUT2D eigenvalue weighted by Crippen LogP contribution is -2.11. The Morgan fingerprint density at radius 1 is 1.32 bits per heavy atom. The third-order valence-electron chi connectivity index (χ3n) is 3.68. The molecule has 0 spiro atoms. The number of aryl methyl sites for hydroxylation is 1. The van der Waals surface area contributed by atoms with E-state index in [0.717, 1.165) is 24.2 Å². The highest BCUT2D eigenvalue weighted by atomic mass is 16.5. The van der Waals surface area contributed by atoms with Gasteiger partial charge in [-0.05, 0) is 50.0 Å². The van der Waals surface area contributed by atoms with Gasteiger partial charge in [0.25, 0.3) is 0 Å². The van der Waals surface area contributed by atoms with Gasteiger partial charge in [0.15, 0.2) is 0 Å². The Bertz CT molecular complexity index is 570. The second-order valence-corrected chi connectivity index (χ2v) is 5.36. The summed E-state index contributed by atoms with van der Waals surface area (Å²) in [5.41, 5.74) is 5.20. The van der Waals surface area contributed by atoms with Crippen LogP contribution in [0.3, 0.4) is 0 Å². The number of methoxy groups -OCH3 is 1. The molecule has 0 radical (unpaired) electrons. The normalized spacial score (nSPS) is 11.5. The molecular weight excluding hydrogens is 236 g/mol. The number of rotatable bonds is 5. The molecule has 0 saturated heterocycles. The van der Waals surface area contributed by atoms with E-state index in [2.05, 4.69) is 37.1 Å². The first-order chi connectivity index (χ1) is 9.10. The predicted molar refractivity (Wildman–Crippen MR) is 81.3 cm³/mol. The van der Waals surface area contributed by atoms with Gasteiger partial charge in [-0.15, -0.1) is 0 Å². The number of likely N-dealkylation sites (N-methyl/N-ethyl adjacent to an activating group) is 1. The van der Waals surface area contributed by atoms with Gasteiger partial charge < -0.3 is 15.0 Å². The fourth-order valence-electron chi connectivity index (χ4n) is 2.72. The number of benzene rings is 1. The summed E-state index contributed by atoms with van der Waals surface area (Å²) in [6.07, 6.45) is 1.04. The summed E-state index contributed by atoms with van der Waals surface area (Å²) < 4.78 is 5.49. The Labute approximate surface area is 115 Å².